The monoisotopic (exact) mass is 235 g/mol. The predicted molar refractivity (Wildman–Crippen MR) is 69.0 cm³/mol. The molecule has 1 amide bonds. The molecular formula is C14H21NO2. The van der Waals surface area contributed by atoms with Gasteiger partial charge in [-0.3, -0.25) is 4.79 Å². The van der Waals surface area contributed by atoms with E-state index in [9.17, 15) is 9.90 Å². The van der Waals surface area contributed by atoms with E-state index in [2.05, 4.69) is 11.4 Å². The molecule has 0 spiro atoms. The van der Waals surface area contributed by atoms with Crippen LogP contribution in [0, 0.1) is 27.7 Å². The van der Waals surface area contributed by atoms with E-state index < -0.39 is 6.10 Å². The lowest BCUT2D eigenvalue weighted by Crippen LogP contribution is -2.26. The van der Waals surface area contributed by atoms with E-state index in [1.807, 2.05) is 27.7 Å². The maximum atomic E-state index is 10.9. The first-order chi connectivity index (χ1) is 7.84. The summed E-state index contributed by atoms with van der Waals surface area (Å²) < 4.78 is 0. The SMILES string of the molecule is CC(=O)NCC(O)c1c(C)c(C)cc(C)c1C. The molecule has 1 aromatic rings. The second kappa shape index (κ2) is 5.32. The van der Waals surface area contributed by atoms with Crippen molar-refractivity contribution in [3.63, 3.8) is 0 Å². The highest BCUT2D eigenvalue weighted by Gasteiger charge is 2.16. The fourth-order valence-electron chi connectivity index (χ4n) is 2.09. The van der Waals surface area contributed by atoms with Crippen molar-refractivity contribution in [3.05, 3.63) is 33.9 Å². The first-order valence-corrected chi connectivity index (χ1v) is 5.84. The molecule has 0 aromatic heterocycles. The molecule has 17 heavy (non-hydrogen) atoms. The van der Waals surface area contributed by atoms with Gasteiger partial charge in [0.15, 0.2) is 0 Å². The number of aryl methyl sites for hydroxylation is 2. The van der Waals surface area contributed by atoms with Crippen LogP contribution in [0.25, 0.3) is 0 Å². The Morgan fingerprint density at radius 1 is 1.24 bits per heavy atom. The van der Waals surface area contributed by atoms with E-state index in [1.54, 1.807) is 0 Å². The Morgan fingerprint density at radius 2 is 1.71 bits per heavy atom. The summed E-state index contributed by atoms with van der Waals surface area (Å²) in [5, 5.41) is 12.8. The van der Waals surface area contributed by atoms with Crippen LogP contribution in [0.2, 0.25) is 0 Å². The summed E-state index contributed by atoms with van der Waals surface area (Å²) in [6.45, 7) is 9.81. The zero-order valence-corrected chi connectivity index (χ0v) is 11.2. The quantitative estimate of drug-likeness (QED) is 0.842. The third-order valence-corrected chi connectivity index (χ3v) is 3.30. The van der Waals surface area contributed by atoms with Crippen molar-refractivity contribution < 1.29 is 9.90 Å². The molecule has 1 aromatic carbocycles. The van der Waals surface area contributed by atoms with E-state index in [0.717, 1.165) is 16.7 Å². The molecule has 0 saturated heterocycles. The van der Waals surface area contributed by atoms with Crippen molar-refractivity contribution in [3.8, 4) is 0 Å². The molecule has 94 valence electrons. The first kappa shape index (κ1) is 13.7. The van der Waals surface area contributed by atoms with Crippen LogP contribution in [-0.4, -0.2) is 17.6 Å². The average Bonchev–Trinajstić information content (AvgIpc) is 2.24. The Morgan fingerprint density at radius 3 is 2.12 bits per heavy atom. The topological polar surface area (TPSA) is 49.3 Å². The molecule has 1 atom stereocenters. The van der Waals surface area contributed by atoms with Gasteiger partial charge in [-0.25, -0.2) is 0 Å². The Kier molecular flexibility index (Phi) is 4.29. The lowest BCUT2D eigenvalue weighted by Gasteiger charge is -2.20. The third kappa shape index (κ3) is 3.07. The molecule has 0 radical (unpaired) electrons. The van der Waals surface area contributed by atoms with Gasteiger partial charge in [0, 0.05) is 13.5 Å². The van der Waals surface area contributed by atoms with E-state index in [0.29, 0.717) is 0 Å². The number of rotatable bonds is 3. The molecule has 2 N–H and O–H groups in total. The Hall–Kier alpha value is -1.35. The highest BCUT2D eigenvalue weighted by atomic mass is 16.3. The van der Waals surface area contributed by atoms with Crippen LogP contribution in [0.5, 0.6) is 0 Å². The van der Waals surface area contributed by atoms with Crippen LogP contribution in [-0.2, 0) is 4.79 Å². The minimum absolute atomic E-state index is 0.122. The van der Waals surface area contributed by atoms with Crippen molar-refractivity contribution in [2.45, 2.75) is 40.7 Å². The molecule has 1 unspecified atom stereocenters. The van der Waals surface area contributed by atoms with Crippen LogP contribution < -0.4 is 5.32 Å². The van der Waals surface area contributed by atoms with E-state index in [-0.39, 0.29) is 12.5 Å². The highest BCUT2D eigenvalue weighted by molar-refractivity contribution is 5.72. The van der Waals surface area contributed by atoms with E-state index in [1.165, 1.54) is 18.1 Å². The number of aliphatic hydroxyl groups is 1. The van der Waals surface area contributed by atoms with Crippen LogP contribution >= 0.6 is 0 Å². The molecule has 0 bridgehead atoms. The highest BCUT2D eigenvalue weighted by Crippen LogP contribution is 2.26. The first-order valence-electron chi connectivity index (χ1n) is 5.84. The van der Waals surface area contributed by atoms with Crippen molar-refractivity contribution in [2.75, 3.05) is 6.54 Å². The number of aliphatic hydroxyl groups excluding tert-OH is 1. The second-order valence-corrected chi connectivity index (χ2v) is 4.63. The molecule has 3 nitrogen and oxygen atoms in total. The molecule has 0 aliphatic carbocycles. The third-order valence-electron chi connectivity index (χ3n) is 3.30. The van der Waals surface area contributed by atoms with Crippen LogP contribution in [0.4, 0.5) is 0 Å². The molecule has 3 heteroatoms. The Bertz CT molecular complexity index is 412. The fourth-order valence-corrected chi connectivity index (χ4v) is 2.09. The zero-order valence-electron chi connectivity index (χ0n) is 11.2. The number of amides is 1. The van der Waals surface area contributed by atoms with Crippen molar-refractivity contribution in [1.82, 2.24) is 5.32 Å². The van der Waals surface area contributed by atoms with E-state index >= 15 is 0 Å². The van der Waals surface area contributed by atoms with Gasteiger partial charge in [-0.2, -0.15) is 0 Å². The van der Waals surface area contributed by atoms with Gasteiger partial charge in [-0.1, -0.05) is 6.07 Å². The lowest BCUT2D eigenvalue weighted by molar-refractivity contribution is -0.119. The number of benzene rings is 1. The normalized spacial score (nSPS) is 12.4. The molecule has 0 aliphatic heterocycles. The van der Waals surface area contributed by atoms with Crippen molar-refractivity contribution in [1.29, 1.82) is 0 Å². The van der Waals surface area contributed by atoms with E-state index in [4.69, 9.17) is 0 Å². The summed E-state index contributed by atoms with van der Waals surface area (Å²) in [7, 11) is 0. The summed E-state index contributed by atoms with van der Waals surface area (Å²) >= 11 is 0. The molecule has 1 rings (SSSR count). The van der Waals surface area contributed by atoms with Crippen LogP contribution in [0.15, 0.2) is 6.07 Å². The number of hydrogen-bond donors (Lipinski definition) is 2. The molecule has 0 saturated carbocycles. The lowest BCUT2D eigenvalue weighted by atomic mass is 9.91. The minimum Gasteiger partial charge on any atom is -0.387 e. The number of hydrogen-bond acceptors (Lipinski definition) is 2. The van der Waals surface area contributed by atoms with Gasteiger partial charge in [-0.05, 0) is 55.5 Å². The second-order valence-electron chi connectivity index (χ2n) is 4.63. The predicted octanol–water partition coefficient (Wildman–Crippen LogP) is 2.09. The van der Waals surface area contributed by atoms with Gasteiger partial charge in [0.05, 0.1) is 6.10 Å². The molecule has 0 aliphatic rings. The maximum Gasteiger partial charge on any atom is 0.216 e. The fraction of sp³-hybridized carbons (Fsp3) is 0.500. The number of nitrogens with one attached hydrogen (secondary N) is 1. The number of carbonyl (C=O) groups excluding carboxylic acids is 1. The smallest absolute Gasteiger partial charge is 0.216 e. The van der Waals surface area contributed by atoms with Gasteiger partial charge in [0.1, 0.15) is 0 Å². The summed E-state index contributed by atoms with van der Waals surface area (Å²) in [6.07, 6.45) is -0.641. The average molecular weight is 235 g/mol. The summed E-state index contributed by atoms with van der Waals surface area (Å²) in [6, 6.07) is 2.12. The minimum atomic E-state index is -0.641. The number of carbonyl (C=O) groups is 1. The summed E-state index contributed by atoms with van der Waals surface area (Å²) in [4.78, 5) is 10.9. The molecular weight excluding hydrogens is 214 g/mol. The van der Waals surface area contributed by atoms with Crippen molar-refractivity contribution in [2.24, 2.45) is 0 Å². The Labute approximate surface area is 103 Å². The van der Waals surface area contributed by atoms with Gasteiger partial charge < -0.3 is 10.4 Å². The Balaban J connectivity index is 3.07. The standard InChI is InChI=1S/C14H21NO2/c1-8-6-9(2)11(4)14(10(8)3)13(17)7-15-12(5)16/h6,13,17H,7H2,1-5H3,(H,15,16). The summed E-state index contributed by atoms with van der Waals surface area (Å²) in [5.41, 5.74) is 5.49. The maximum absolute atomic E-state index is 10.9. The zero-order chi connectivity index (χ0) is 13.2. The van der Waals surface area contributed by atoms with Crippen LogP contribution in [0.3, 0.4) is 0 Å². The molecule has 0 fully saturated rings. The van der Waals surface area contributed by atoms with Gasteiger partial charge in [0.25, 0.3) is 0 Å². The summed E-state index contributed by atoms with van der Waals surface area (Å²) in [5.74, 6) is -0.122. The van der Waals surface area contributed by atoms with Gasteiger partial charge in [-0.15, -0.1) is 0 Å². The van der Waals surface area contributed by atoms with Crippen LogP contribution in [0.1, 0.15) is 40.8 Å². The largest absolute Gasteiger partial charge is 0.387 e. The van der Waals surface area contributed by atoms with Gasteiger partial charge >= 0.3 is 0 Å². The molecule has 0 heterocycles. The van der Waals surface area contributed by atoms with Gasteiger partial charge in [0.2, 0.25) is 5.91 Å². The van der Waals surface area contributed by atoms with Crippen molar-refractivity contribution >= 4 is 5.91 Å².